The van der Waals surface area contributed by atoms with Crippen molar-refractivity contribution in [1.29, 1.82) is 0 Å². The first kappa shape index (κ1) is 27.4. The fourth-order valence-corrected chi connectivity index (χ4v) is 4.52. The van der Waals surface area contributed by atoms with Crippen molar-refractivity contribution < 1.29 is 27.5 Å². The molecule has 3 aromatic carbocycles. The molecule has 3 heterocycles. The van der Waals surface area contributed by atoms with Gasteiger partial charge in [-0.15, -0.1) is 0 Å². The van der Waals surface area contributed by atoms with E-state index in [1.807, 2.05) is 30.3 Å². The molecule has 8 nitrogen and oxygen atoms in total. The van der Waals surface area contributed by atoms with E-state index in [-0.39, 0.29) is 35.1 Å². The van der Waals surface area contributed by atoms with Gasteiger partial charge in [0.1, 0.15) is 28.4 Å². The average Bonchev–Trinajstić information content (AvgIpc) is 3.45. The summed E-state index contributed by atoms with van der Waals surface area (Å²) in [7, 11) is 0. The molecule has 0 unspecified atom stereocenters. The monoisotopic (exact) mass is 579 g/mol. The second-order valence-corrected chi connectivity index (χ2v) is 9.34. The van der Waals surface area contributed by atoms with E-state index in [1.165, 1.54) is 59.4 Å². The molecule has 0 aliphatic rings. The first-order valence-corrected chi connectivity index (χ1v) is 13.3. The summed E-state index contributed by atoms with van der Waals surface area (Å²) in [6, 6.07) is 23.4. The zero-order chi connectivity index (χ0) is 29.9. The van der Waals surface area contributed by atoms with E-state index >= 15 is 4.39 Å². The van der Waals surface area contributed by atoms with Crippen LogP contribution < -0.4 is 20.3 Å². The van der Waals surface area contributed by atoms with Crippen LogP contribution in [0.3, 0.4) is 0 Å². The minimum Gasteiger partial charge on any atom is -0.493 e. The Morgan fingerprint density at radius 1 is 0.930 bits per heavy atom. The molecule has 43 heavy (non-hydrogen) atoms. The highest BCUT2D eigenvalue weighted by atomic mass is 19.1. The Balaban J connectivity index is 1.26. The van der Waals surface area contributed by atoms with Crippen LogP contribution in [0, 0.1) is 11.6 Å². The number of pyridine rings is 2. The van der Waals surface area contributed by atoms with Crippen molar-refractivity contribution in [3.8, 4) is 34.3 Å². The van der Waals surface area contributed by atoms with E-state index in [0.29, 0.717) is 22.5 Å². The molecule has 0 radical (unpaired) electrons. The fraction of sp³-hybridized carbons (Fsp3) is 0.0606. The summed E-state index contributed by atoms with van der Waals surface area (Å²) < 4.78 is 47.2. The van der Waals surface area contributed by atoms with Crippen LogP contribution in [0.4, 0.5) is 14.5 Å². The molecule has 0 aliphatic heterocycles. The SMILES string of the molecule is CCOc1ccn(-c2ccc(F)cc2)c(=O)c1C(=O)Nc1ccc(Oc2ccnc3cc(-c4ccccc4)oc23)c(F)c1. The quantitative estimate of drug-likeness (QED) is 0.202. The maximum absolute atomic E-state index is 15.2. The summed E-state index contributed by atoms with van der Waals surface area (Å²) in [6.45, 7) is 1.91. The van der Waals surface area contributed by atoms with Gasteiger partial charge in [0.05, 0.1) is 6.61 Å². The molecule has 6 aromatic rings. The molecule has 6 rings (SSSR count). The lowest BCUT2D eigenvalue weighted by molar-refractivity contribution is 0.102. The predicted molar refractivity (Wildman–Crippen MR) is 157 cm³/mol. The van der Waals surface area contributed by atoms with E-state index in [2.05, 4.69) is 10.3 Å². The van der Waals surface area contributed by atoms with Gasteiger partial charge in [0.15, 0.2) is 22.9 Å². The van der Waals surface area contributed by atoms with E-state index in [0.717, 1.165) is 11.6 Å². The number of nitrogens with zero attached hydrogens (tertiary/aromatic N) is 2. The fourth-order valence-electron chi connectivity index (χ4n) is 4.52. The Morgan fingerprint density at radius 3 is 2.47 bits per heavy atom. The highest BCUT2D eigenvalue weighted by Crippen LogP contribution is 2.35. The molecule has 3 aromatic heterocycles. The van der Waals surface area contributed by atoms with Gasteiger partial charge in [-0.1, -0.05) is 30.3 Å². The van der Waals surface area contributed by atoms with Crippen LogP contribution in [0.15, 0.2) is 113 Å². The molecule has 0 atom stereocenters. The molecular formula is C33H23F2N3O5. The van der Waals surface area contributed by atoms with Gasteiger partial charge in [0.25, 0.3) is 11.5 Å². The van der Waals surface area contributed by atoms with Gasteiger partial charge >= 0.3 is 0 Å². The normalized spacial score (nSPS) is 11.0. The Kier molecular flexibility index (Phi) is 7.40. The van der Waals surface area contributed by atoms with Crippen LogP contribution in [-0.4, -0.2) is 22.1 Å². The lowest BCUT2D eigenvalue weighted by atomic mass is 10.2. The number of fused-ring (bicyclic) bond motifs is 1. The number of furan rings is 1. The molecule has 10 heteroatoms. The van der Waals surface area contributed by atoms with Gasteiger partial charge < -0.3 is 19.2 Å². The molecule has 0 saturated carbocycles. The van der Waals surface area contributed by atoms with Gasteiger partial charge in [-0.25, -0.2) is 8.78 Å². The third-order valence-electron chi connectivity index (χ3n) is 6.53. The summed E-state index contributed by atoms with van der Waals surface area (Å²) in [5.41, 5.74) is 1.20. The molecular weight excluding hydrogens is 556 g/mol. The zero-order valence-corrected chi connectivity index (χ0v) is 22.7. The number of benzene rings is 3. The van der Waals surface area contributed by atoms with E-state index in [9.17, 15) is 14.0 Å². The van der Waals surface area contributed by atoms with Crippen LogP contribution in [0.25, 0.3) is 28.1 Å². The first-order valence-electron chi connectivity index (χ1n) is 13.3. The number of hydrogen-bond acceptors (Lipinski definition) is 6. The number of rotatable bonds is 8. The third-order valence-corrected chi connectivity index (χ3v) is 6.53. The number of nitrogens with one attached hydrogen (secondary N) is 1. The smallest absolute Gasteiger partial charge is 0.271 e. The Hall–Kier alpha value is -5.77. The summed E-state index contributed by atoms with van der Waals surface area (Å²) in [5.74, 6) is -1.25. The van der Waals surface area contributed by atoms with Gasteiger partial charge in [0, 0.05) is 47.5 Å². The number of anilines is 1. The highest BCUT2D eigenvalue weighted by Gasteiger charge is 2.21. The van der Waals surface area contributed by atoms with Gasteiger partial charge in [-0.2, -0.15) is 0 Å². The molecule has 214 valence electrons. The number of carbonyl (C=O) groups excluding carboxylic acids is 1. The summed E-state index contributed by atoms with van der Waals surface area (Å²) in [5, 5.41) is 2.55. The van der Waals surface area contributed by atoms with E-state index in [4.69, 9.17) is 13.9 Å². The van der Waals surface area contributed by atoms with Crippen LogP contribution in [0.1, 0.15) is 17.3 Å². The first-order chi connectivity index (χ1) is 20.9. The Morgan fingerprint density at radius 2 is 1.72 bits per heavy atom. The summed E-state index contributed by atoms with van der Waals surface area (Å²) >= 11 is 0. The molecule has 0 saturated heterocycles. The second kappa shape index (κ2) is 11.6. The number of amides is 1. The van der Waals surface area contributed by atoms with Crippen LogP contribution >= 0.6 is 0 Å². The Labute approximate surface area is 243 Å². The number of carbonyl (C=O) groups is 1. The van der Waals surface area contributed by atoms with Crippen molar-refractivity contribution >= 4 is 22.7 Å². The molecule has 0 spiro atoms. The topological polar surface area (TPSA) is 95.6 Å². The standard InChI is InChI=1S/C33H23F2N3O5/c1-2-41-27-15-17-38(23-11-8-21(34)9-12-23)33(40)30(27)32(39)37-22-10-13-26(24(35)18-22)42-28-14-16-36-25-19-29(43-31(25)28)20-6-4-3-5-7-20/h3-19H,2H2,1H3,(H,37,39). The number of halogens is 2. The molecule has 0 bridgehead atoms. The van der Waals surface area contributed by atoms with Crippen molar-refractivity contribution in [2.24, 2.45) is 0 Å². The number of hydrogen-bond donors (Lipinski definition) is 1. The molecule has 0 aliphatic carbocycles. The minimum atomic E-state index is -0.808. The minimum absolute atomic E-state index is 0.0545. The predicted octanol–water partition coefficient (Wildman–Crippen LogP) is 7.37. The van der Waals surface area contributed by atoms with Crippen molar-refractivity contribution in [2.45, 2.75) is 6.92 Å². The summed E-state index contributed by atoms with van der Waals surface area (Å²) in [4.78, 5) is 30.9. The van der Waals surface area contributed by atoms with Crippen molar-refractivity contribution in [1.82, 2.24) is 9.55 Å². The van der Waals surface area contributed by atoms with Gasteiger partial charge in [0.2, 0.25) is 0 Å². The Bertz CT molecular complexity index is 2000. The second-order valence-electron chi connectivity index (χ2n) is 9.34. The average molecular weight is 580 g/mol. The van der Waals surface area contributed by atoms with Crippen molar-refractivity contribution in [3.05, 3.63) is 131 Å². The third kappa shape index (κ3) is 5.58. The van der Waals surface area contributed by atoms with Crippen LogP contribution in [0.5, 0.6) is 17.2 Å². The summed E-state index contributed by atoms with van der Waals surface area (Å²) in [6.07, 6.45) is 2.96. The van der Waals surface area contributed by atoms with Gasteiger partial charge in [-0.3, -0.25) is 19.1 Å². The number of ether oxygens (including phenoxy) is 2. The van der Waals surface area contributed by atoms with Crippen LogP contribution in [-0.2, 0) is 0 Å². The van der Waals surface area contributed by atoms with Crippen LogP contribution in [0.2, 0.25) is 0 Å². The van der Waals surface area contributed by atoms with Gasteiger partial charge in [-0.05, 0) is 49.4 Å². The molecule has 1 N–H and O–H groups in total. The lowest BCUT2D eigenvalue weighted by Gasteiger charge is -2.14. The van der Waals surface area contributed by atoms with Crippen molar-refractivity contribution in [2.75, 3.05) is 11.9 Å². The van der Waals surface area contributed by atoms with E-state index < -0.39 is 23.1 Å². The zero-order valence-electron chi connectivity index (χ0n) is 22.7. The maximum atomic E-state index is 15.2. The molecule has 1 amide bonds. The maximum Gasteiger partial charge on any atom is 0.271 e. The largest absolute Gasteiger partial charge is 0.493 e. The lowest BCUT2D eigenvalue weighted by Crippen LogP contribution is -2.29. The van der Waals surface area contributed by atoms with E-state index in [1.54, 1.807) is 19.1 Å². The number of aromatic nitrogens is 2. The van der Waals surface area contributed by atoms with Crippen molar-refractivity contribution in [3.63, 3.8) is 0 Å². The molecule has 0 fully saturated rings. The highest BCUT2D eigenvalue weighted by molar-refractivity contribution is 6.06.